The number of halogens is 3. The molecule has 59 heavy (non-hydrogen) atoms. The molecule has 0 saturated heterocycles. The largest absolute Gasteiger partial charge is 0.384 e. The maximum Gasteiger partial charge on any atom is 0.261 e. The number of ether oxygens (including phenoxy) is 2. The summed E-state index contributed by atoms with van der Waals surface area (Å²) in [5, 5.41) is 5.40. The predicted octanol–water partition coefficient (Wildman–Crippen LogP) is 5.55. The number of alkyl halides is 1. The number of rotatable bonds is 5. The van der Waals surface area contributed by atoms with E-state index in [0.717, 1.165) is 73.9 Å². The lowest BCUT2D eigenvalue weighted by Gasteiger charge is -2.18. The van der Waals surface area contributed by atoms with E-state index in [2.05, 4.69) is 59.5 Å². The molecular weight excluding hydrogens is 818 g/mol. The average Bonchev–Trinajstić information content (AvgIpc) is 3.61. The molecule has 4 heterocycles. The molecule has 2 aliphatic heterocycles. The van der Waals surface area contributed by atoms with E-state index in [1.54, 1.807) is 65.8 Å². The predicted molar refractivity (Wildman–Crippen MR) is 231 cm³/mol. The molecule has 0 atom stereocenters. The average molecular weight is 864 g/mol. The minimum Gasteiger partial charge on any atom is -0.384 e. The quantitative estimate of drug-likeness (QED) is 0.178. The van der Waals surface area contributed by atoms with Gasteiger partial charge in [0.15, 0.2) is 0 Å². The van der Waals surface area contributed by atoms with Gasteiger partial charge in [0, 0.05) is 100 Å². The summed E-state index contributed by atoms with van der Waals surface area (Å²) in [5.41, 5.74) is 4.00. The Morgan fingerprint density at radius 2 is 1.17 bits per heavy atom. The van der Waals surface area contributed by atoms with E-state index in [4.69, 9.17) is 9.72 Å². The molecule has 2 aromatic heterocycles. The smallest absolute Gasteiger partial charge is 0.261 e. The number of benzene rings is 4. The minimum atomic E-state index is -0.313. The summed E-state index contributed by atoms with van der Waals surface area (Å²) in [5.74, 6) is 12.9. The molecule has 0 aliphatic carbocycles. The zero-order chi connectivity index (χ0) is 41.6. The van der Waals surface area contributed by atoms with Crippen molar-refractivity contribution < 1.29 is 18.3 Å². The maximum absolute atomic E-state index is 13.3. The van der Waals surface area contributed by atoms with Crippen LogP contribution < -0.4 is 16.4 Å². The highest BCUT2D eigenvalue weighted by molar-refractivity contribution is 9.09. The van der Waals surface area contributed by atoms with Crippen LogP contribution in [0.3, 0.4) is 0 Å². The van der Waals surface area contributed by atoms with Crippen LogP contribution in [0.25, 0.3) is 21.8 Å². The molecule has 304 valence electrons. The van der Waals surface area contributed by atoms with Crippen LogP contribution in [0, 0.1) is 35.3 Å². The zero-order valence-electron chi connectivity index (χ0n) is 33.1. The fraction of sp³-hybridized carbons (Fsp3) is 0.304. The van der Waals surface area contributed by atoms with Crippen LogP contribution >= 0.6 is 15.9 Å². The summed E-state index contributed by atoms with van der Waals surface area (Å²) in [6.45, 7) is 6.84. The molecule has 8 rings (SSSR count). The van der Waals surface area contributed by atoms with Gasteiger partial charge in [-0.25, -0.2) is 18.7 Å². The normalized spacial score (nSPS) is 13.4. The summed E-state index contributed by atoms with van der Waals surface area (Å²) in [6, 6.07) is 23.2. The van der Waals surface area contributed by atoms with E-state index in [1.165, 1.54) is 24.3 Å². The van der Waals surface area contributed by atoms with Crippen molar-refractivity contribution in [1.82, 2.24) is 29.3 Å². The molecule has 0 unspecified atom stereocenters. The third kappa shape index (κ3) is 11.8. The third-order valence-corrected chi connectivity index (χ3v) is 9.97. The topological polar surface area (TPSA) is 104 Å². The number of methoxy groups -OCH3 is 2. The Labute approximate surface area is 350 Å². The Morgan fingerprint density at radius 1 is 0.644 bits per heavy atom. The maximum atomic E-state index is 13.3. The number of nitrogens with one attached hydrogen (secondary N) is 1. The van der Waals surface area contributed by atoms with Gasteiger partial charge in [-0.2, -0.15) is 0 Å². The Hall–Kier alpha value is -5.54. The van der Waals surface area contributed by atoms with E-state index in [1.807, 2.05) is 18.2 Å². The van der Waals surface area contributed by atoms with E-state index in [0.29, 0.717) is 59.0 Å². The molecule has 2 aliphatic rings. The fourth-order valence-electron chi connectivity index (χ4n) is 6.60. The van der Waals surface area contributed by atoms with Crippen molar-refractivity contribution in [3.05, 3.63) is 151 Å². The highest BCUT2D eigenvalue weighted by Crippen LogP contribution is 2.15. The second-order valence-electron chi connectivity index (χ2n) is 13.7. The molecule has 13 heteroatoms. The van der Waals surface area contributed by atoms with Gasteiger partial charge < -0.3 is 14.8 Å². The molecule has 0 saturated carbocycles. The molecule has 6 aromatic rings. The van der Waals surface area contributed by atoms with Gasteiger partial charge in [0.25, 0.3) is 11.1 Å². The van der Waals surface area contributed by atoms with Crippen LogP contribution in [0.5, 0.6) is 0 Å². The van der Waals surface area contributed by atoms with Crippen molar-refractivity contribution >= 4 is 37.7 Å². The minimum absolute atomic E-state index is 0.00617. The van der Waals surface area contributed by atoms with Crippen molar-refractivity contribution in [3.63, 3.8) is 0 Å². The van der Waals surface area contributed by atoms with E-state index in [-0.39, 0.29) is 22.8 Å². The van der Waals surface area contributed by atoms with Crippen LogP contribution in [0.1, 0.15) is 33.9 Å². The van der Waals surface area contributed by atoms with Crippen molar-refractivity contribution in [2.24, 2.45) is 0 Å². The van der Waals surface area contributed by atoms with E-state index in [9.17, 15) is 18.4 Å². The second-order valence-corrected chi connectivity index (χ2v) is 14.5. The zero-order valence-corrected chi connectivity index (χ0v) is 34.7. The van der Waals surface area contributed by atoms with Gasteiger partial charge >= 0.3 is 0 Å². The van der Waals surface area contributed by atoms with Gasteiger partial charge in [0.2, 0.25) is 0 Å². The third-order valence-electron chi connectivity index (χ3n) is 9.64. The van der Waals surface area contributed by atoms with Gasteiger partial charge in [0.05, 0.1) is 35.0 Å². The summed E-state index contributed by atoms with van der Waals surface area (Å²) in [4.78, 5) is 37.4. The van der Waals surface area contributed by atoms with Gasteiger partial charge in [-0.3, -0.25) is 23.6 Å². The second kappa shape index (κ2) is 21.5. The summed E-state index contributed by atoms with van der Waals surface area (Å²) < 4.78 is 39.9. The molecule has 0 amide bonds. The lowest BCUT2D eigenvalue weighted by Crippen LogP contribution is -2.31. The molecular formula is C46H45BrF2N6O4. The van der Waals surface area contributed by atoms with Crippen LogP contribution in [0.15, 0.2) is 94.5 Å². The molecule has 0 spiro atoms. The van der Waals surface area contributed by atoms with Crippen LogP contribution in [-0.4, -0.2) is 89.5 Å². The van der Waals surface area contributed by atoms with Crippen LogP contribution in [0.2, 0.25) is 0 Å². The lowest BCUT2D eigenvalue weighted by molar-refractivity contribution is 0.149. The molecule has 4 aromatic carbocycles. The van der Waals surface area contributed by atoms with E-state index < -0.39 is 0 Å². The number of fused-ring (bicyclic) bond motifs is 4. The monoisotopic (exact) mass is 862 g/mol. The first-order chi connectivity index (χ1) is 28.8. The highest BCUT2D eigenvalue weighted by atomic mass is 79.9. The van der Waals surface area contributed by atoms with E-state index >= 15 is 0 Å². The Bertz CT molecular complexity index is 2660. The molecule has 0 fully saturated rings. The number of hydrogen-bond acceptors (Lipinski definition) is 8. The van der Waals surface area contributed by atoms with Crippen molar-refractivity contribution in [3.8, 4) is 23.7 Å². The molecule has 0 radical (unpaired) electrons. The molecule has 10 nitrogen and oxygen atoms in total. The van der Waals surface area contributed by atoms with Gasteiger partial charge in [-0.05, 0) is 72.8 Å². The van der Waals surface area contributed by atoms with Gasteiger partial charge in [-0.1, -0.05) is 51.7 Å². The fourth-order valence-corrected chi connectivity index (χ4v) is 6.93. The van der Waals surface area contributed by atoms with Crippen LogP contribution in [-0.2, 0) is 35.4 Å². The van der Waals surface area contributed by atoms with Crippen molar-refractivity contribution in [1.29, 1.82) is 0 Å². The standard InChI is InChI=1S/C23H22FN3O2.C20H16FN3O.C3H7BrO/c1-29-14-13-26-10-9-22-25-21-16-18(6-5-17-3-2-4-19(24)15-17)7-8-20(21)23(28)27(22)12-11-26;21-16-3-1-2-14(12-16)4-5-15-6-7-17-18(13-15)23-19-8-9-22-10-11-24(19)20(17)25;1-5-3-2-4/h2-4,7-8,15-16H,9-14H2,1H3;1-3,6-7,12-13,22H,8-11H2;2-3H2,1H3. The summed E-state index contributed by atoms with van der Waals surface area (Å²) >= 11 is 3.18. The number of nitrogens with zero attached hydrogens (tertiary/aromatic N) is 5. The Kier molecular flexibility index (Phi) is 15.7. The number of aromatic nitrogens is 4. The summed E-state index contributed by atoms with van der Waals surface area (Å²) in [6.07, 6.45) is 1.44. The first-order valence-electron chi connectivity index (χ1n) is 19.4. The SMILES string of the molecule is COCCBr.COCCN1CCc2nc3cc(C#Cc4cccc(F)c4)ccc3c(=O)n2CC1.O=c1c2ccc(C#Cc3cccc(F)c3)cc2nc2n1CCNCC2. The molecule has 0 bridgehead atoms. The molecule has 1 N–H and O–H groups in total. The lowest BCUT2D eigenvalue weighted by atomic mass is 10.1. The number of hydrogen-bond donors (Lipinski definition) is 1. The van der Waals surface area contributed by atoms with Gasteiger partial charge in [0.1, 0.15) is 23.3 Å². The Morgan fingerprint density at radius 3 is 1.68 bits per heavy atom. The van der Waals surface area contributed by atoms with Crippen molar-refractivity contribution in [2.75, 3.05) is 65.5 Å². The summed E-state index contributed by atoms with van der Waals surface area (Å²) in [7, 11) is 3.38. The first-order valence-corrected chi connectivity index (χ1v) is 20.5. The van der Waals surface area contributed by atoms with Crippen molar-refractivity contribution in [2.45, 2.75) is 25.9 Å². The van der Waals surface area contributed by atoms with Crippen LogP contribution in [0.4, 0.5) is 8.78 Å². The first kappa shape index (κ1) is 43.0. The van der Waals surface area contributed by atoms with Gasteiger partial charge in [-0.15, -0.1) is 0 Å². The highest BCUT2D eigenvalue weighted by Gasteiger charge is 2.18. The Balaban J connectivity index is 0.000000180.